The number of fused-ring (bicyclic) bond motifs is 3. The first-order valence-electron chi connectivity index (χ1n) is 11.5. The molecule has 2 amide bonds. The Morgan fingerprint density at radius 2 is 1.70 bits per heavy atom. The highest BCUT2D eigenvalue weighted by Gasteiger charge is 2.37. The van der Waals surface area contributed by atoms with Gasteiger partial charge in [-0.25, -0.2) is 0 Å². The molecule has 0 saturated carbocycles. The first-order valence-corrected chi connectivity index (χ1v) is 11.5. The second kappa shape index (κ2) is 9.53. The van der Waals surface area contributed by atoms with Crippen LogP contribution >= 0.6 is 0 Å². The van der Waals surface area contributed by atoms with Gasteiger partial charge in [0.1, 0.15) is 18.3 Å². The largest absolute Gasteiger partial charge is 0.497 e. The molecule has 1 aromatic heterocycles. The molecule has 0 saturated heterocycles. The number of rotatable bonds is 7. The fraction of sp³-hybridized carbons (Fsp3) is 0.333. The van der Waals surface area contributed by atoms with E-state index in [1.165, 1.54) is 0 Å². The van der Waals surface area contributed by atoms with Crippen LogP contribution in [0, 0.1) is 0 Å². The third-order valence-corrected chi connectivity index (χ3v) is 6.13. The van der Waals surface area contributed by atoms with Crippen molar-refractivity contribution in [3.8, 4) is 11.4 Å². The van der Waals surface area contributed by atoms with Crippen molar-refractivity contribution in [2.45, 2.75) is 45.7 Å². The minimum absolute atomic E-state index is 0.00974. The van der Waals surface area contributed by atoms with Crippen LogP contribution in [0.15, 0.2) is 66.9 Å². The van der Waals surface area contributed by atoms with Gasteiger partial charge in [-0.2, -0.15) is 0 Å². The van der Waals surface area contributed by atoms with Crippen LogP contribution in [-0.4, -0.2) is 41.0 Å². The summed E-state index contributed by atoms with van der Waals surface area (Å²) in [6.45, 7) is 5.93. The number of anilines is 1. The van der Waals surface area contributed by atoms with Crippen LogP contribution in [0.4, 0.5) is 5.69 Å². The van der Waals surface area contributed by atoms with Crippen molar-refractivity contribution in [3.63, 3.8) is 0 Å². The average molecular weight is 446 g/mol. The first kappa shape index (κ1) is 22.6. The molecule has 3 aromatic rings. The van der Waals surface area contributed by atoms with Crippen molar-refractivity contribution in [2.75, 3.05) is 18.6 Å². The van der Waals surface area contributed by atoms with E-state index in [1.807, 2.05) is 92.5 Å². The zero-order valence-electron chi connectivity index (χ0n) is 19.7. The predicted octanol–water partition coefficient (Wildman–Crippen LogP) is 4.96. The second-order valence-electron chi connectivity index (χ2n) is 8.60. The molecule has 0 bridgehead atoms. The maximum absolute atomic E-state index is 13.9. The van der Waals surface area contributed by atoms with Crippen LogP contribution in [0.5, 0.6) is 5.75 Å². The van der Waals surface area contributed by atoms with Crippen LogP contribution in [0.25, 0.3) is 5.69 Å². The zero-order chi connectivity index (χ0) is 23.5. The number of carbonyl (C=O) groups is 2. The van der Waals surface area contributed by atoms with E-state index in [0.717, 1.165) is 34.8 Å². The van der Waals surface area contributed by atoms with Gasteiger partial charge < -0.3 is 14.2 Å². The van der Waals surface area contributed by atoms with Crippen molar-refractivity contribution < 1.29 is 14.3 Å². The SMILES string of the molecule is CCCC(=O)N(CC(=O)N1c2ccccc2-n2cccc2C1c1ccc(OC)cc1)C(C)C. The highest BCUT2D eigenvalue weighted by molar-refractivity contribution is 6.00. The van der Waals surface area contributed by atoms with Gasteiger partial charge in [0.05, 0.1) is 24.2 Å². The van der Waals surface area contributed by atoms with Gasteiger partial charge in [0.15, 0.2) is 0 Å². The van der Waals surface area contributed by atoms with E-state index in [-0.39, 0.29) is 30.4 Å². The highest BCUT2D eigenvalue weighted by Crippen LogP contribution is 2.42. The Labute approximate surface area is 195 Å². The molecule has 0 radical (unpaired) electrons. The summed E-state index contributed by atoms with van der Waals surface area (Å²) in [7, 11) is 1.64. The molecule has 0 aliphatic carbocycles. The van der Waals surface area contributed by atoms with Crippen molar-refractivity contribution in [1.82, 2.24) is 9.47 Å². The van der Waals surface area contributed by atoms with Crippen LogP contribution in [-0.2, 0) is 9.59 Å². The monoisotopic (exact) mass is 445 g/mol. The Bertz CT molecular complexity index is 1130. The smallest absolute Gasteiger partial charge is 0.247 e. The summed E-state index contributed by atoms with van der Waals surface area (Å²) in [6.07, 6.45) is 3.22. The molecule has 0 spiro atoms. The lowest BCUT2D eigenvalue weighted by Crippen LogP contribution is -2.48. The molecule has 33 heavy (non-hydrogen) atoms. The molecule has 1 aliphatic heterocycles. The summed E-state index contributed by atoms with van der Waals surface area (Å²) in [5.74, 6) is 0.670. The third kappa shape index (κ3) is 4.25. The third-order valence-electron chi connectivity index (χ3n) is 6.13. The van der Waals surface area contributed by atoms with Crippen LogP contribution in [0.2, 0.25) is 0 Å². The Balaban J connectivity index is 1.80. The van der Waals surface area contributed by atoms with E-state index in [4.69, 9.17) is 4.74 Å². The lowest BCUT2D eigenvalue weighted by atomic mass is 9.97. The number of hydrogen-bond donors (Lipinski definition) is 0. The van der Waals surface area contributed by atoms with Gasteiger partial charge >= 0.3 is 0 Å². The number of hydrogen-bond acceptors (Lipinski definition) is 3. The van der Waals surface area contributed by atoms with Gasteiger partial charge in [-0.15, -0.1) is 0 Å². The number of nitrogens with zero attached hydrogens (tertiary/aromatic N) is 3. The van der Waals surface area contributed by atoms with E-state index in [9.17, 15) is 9.59 Å². The van der Waals surface area contributed by atoms with Crippen molar-refractivity contribution in [2.24, 2.45) is 0 Å². The average Bonchev–Trinajstić information content (AvgIpc) is 3.31. The van der Waals surface area contributed by atoms with E-state index in [0.29, 0.717) is 6.42 Å². The molecule has 4 rings (SSSR count). The molecule has 1 atom stereocenters. The Hall–Kier alpha value is -3.54. The zero-order valence-corrected chi connectivity index (χ0v) is 19.7. The fourth-order valence-electron chi connectivity index (χ4n) is 4.50. The van der Waals surface area contributed by atoms with Crippen LogP contribution in [0.3, 0.4) is 0 Å². The molecule has 2 aromatic carbocycles. The summed E-state index contributed by atoms with van der Waals surface area (Å²) in [5, 5.41) is 0. The first-order chi connectivity index (χ1) is 16.0. The number of carbonyl (C=O) groups excluding carboxylic acids is 2. The molecular weight excluding hydrogens is 414 g/mol. The summed E-state index contributed by atoms with van der Waals surface area (Å²) in [4.78, 5) is 30.2. The lowest BCUT2D eigenvalue weighted by Gasteiger charge is -2.40. The molecule has 6 heteroatoms. The molecule has 6 nitrogen and oxygen atoms in total. The number of ether oxygens (including phenoxy) is 1. The Morgan fingerprint density at radius 1 is 1.00 bits per heavy atom. The summed E-state index contributed by atoms with van der Waals surface area (Å²) < 4.78 is 7.48. The topological polar surface area (TPSA) is 54.8 Å². The van der Waals surface area contributed by atoms with E-state index >= 15 is 0 Å². The number of benzene rings is 2. The van der Waals surface area contributed by atoms with E-state index < -0.39 is 0 Å². The van der Waals surface area contributed by atoms with Crippen molar-refractivity contribution in [3.05, 3.63) is 78.1 Å². The number of methoxy groups -OCH3 is 1. The number of para-hydroxylation sites is 2. The molecule has 0 fully saturated rings. The minimum Gasteiger partial charge on any atom is -0.497 e. The van der Waals surface area contributed by atoms with E-state index in [1.54, 1.807) is 12.0 Å². The van der Waals surface area contributed by atoms with Gasteiger partial charge in [-0.05, 0) is 62.2 Å². The molecule has 1 unspecified atom stereocenters. The van der Waals surface area contributed by atoms with Gasteiger partial charge in [0.25, 0.3) is 0 Å². The maximum Gasteiger partial charge on any atom is 0.247 e. The number of amides is 2. The summed E-state index contributed by atoms with van der Waals surface area (Å²) in [6, 6.07) is 19.4. The summed E-state index contributed by atoms with van der Waals surface area (Å²) in [5.41, 5.74) is 3.77. The maximum atomic E-state index is 13.9. The Morgan fingerprint density at radius 3 is 2.33 bits per heavy atom. The molecule has 172 valence electrons. The predicted molar refractivity (Wildman–Crippen MR) is 130 cm³/mol. The van der Waals surface area contributed by atoms with Crippen molar-refractivity contribution in [1.29, 1.82) is 0 Å². The van der Waals surface area contributed by atoms with Gasteiger partial charge in [-0.1, -0.05) is 31.2 Å². The molecule has 0 N–H and O–H groups in total. The quantitative estimate of drug-likeness (QED) is 0.517. The lowest BCUT2D eigenvalue weighted by molar-refractivity contribution is -0.137. The fourth-order valence-corrected chi connectivity index (χ4v) is 4.50. The van der Waals surface area contributed by atoms with Gasteiger partial charge in [-0.3, -0.25) is 14.5 Å². The van der Waals surface area contributed by atoms with Gasteiger partial charge in [0, 0.05) is 18.7 Å². The standard InChI is InChI=1S/C27H31N3O3/c1-5-9-25(31)29(19(2)3)18-26(32)30-23-11-7-6-10-22(23)28-17-8-12-24(28)27(30)20-13-15-21(33-4)16-14-20/h6-8,10-17,19,27H,5,9,18H2,1-4H3. The summed E-state index contributed by atoms with van der Waals surface area (Å²) >= 11 is 0. The van der Waals surface area contributed by atoms with Crippen LogP contribution in [0.1, 0.15) is 50.9 Å². The van der Waals surface area contributed by atoms with E-state index in [2.05, 4.69) is 4.57 Å². The Kier molecular flexibility index (Phi) is 6.54. The number of aromatic nitrogens is 1. The normalized spacial score (nSPS) is 14.6. The minimum atomic E-state index is -0.316. The molecule has 2 heterocycles. The van der Waals surface area contributed by atoms with Crippen molar-refractivity contribution >= 4 is 17.5 Å². The molecule has 1 aliphatic rings. The second-order valence-corrected chi connectivity index (χ2v) is 8.60. The van der Waals surface area contributed by atoms with Crippen LogP contribution < -0.4 is 9.64 Å². The van der Waals surface area contributed by atoms with Gasteiger partial charge in [0.2, 0.25) is 11.8 Å². The molecular formula is C27H31N3O3. The highest BCUT2D eigenvalue weighted by atomic mass is 16.5.